The maximum Gasteiger partial charge on any atom is 0.273 e. The number of benzene rings is 2. The van der Waals surface area contributed by atoms with Crippen LogP contribution in [-0.4, -0.2) is 47.5 Å². The average Bonchev–Trinajstić information content (AvgIpc) is 3.42. The highest BCUT2D eigenvalue weighted by molar-refractivity contribution is 5.93. The van der Waals surface area contributed by atoms with Gasteiger partial charge in [-0.25, -0.2) is 4.68 Å². The van der Waals surface area contributed by atoms with E-state index in [0.717, 1.165) is 54.1 Å². The molecule has 33 heavy (non-hydrogen) atoms. The molecular weight excluding hydrogens is 420 g/mol. The first-order chi connectivity index (χ1) is 16.2. The fourth-order valence-electron chi connectivity index (χ4n) is 4.82. The van der Waals surface area contributed by atoms with Crippen molar-refractivity contribution in [2.75, 3.05) is 26.6 Å². The van der Waals surface area contributed by atoms with Gasteiger partial charge in [-0.1, -0.05) is 29.5 Å². The number of para-hydroxylation sites is 1. The molecule has 1 saturated carbocycles. The van der Waals surface area contributed by atoms with Crippen LogP contribution in [0.3, 0.4) is 0 Å². The number of carbonyl (C=O) groups excluding carboxylic acids is 1. The number of nitrogens with one attached hydrogen (secondary N) is 1. The van der Waals surface area contributed by atoms with Crippen LogP contribution in [0, 0.1) is 0 Å². The Hall–Kier alpha value is -3.39. The maximum absolute atomic E-state index is 13.3. The average molecular weight is 447 g/mol. The molecule has 0 spiro atoms. The minimum absolute atomic E-state index is 0.175. The molecule has 1 N–H and O–H groups in total. The highest BCUT2D eigenvalue weighted by Gasteiger charge is 2.38. The first kappa shape index (κ1) is 20.2. The molecule has 3 aromatic rings. The van der Waals surface area contributed by atoms with Crippen LogP contribution in [0.4, 0.5) is 0 Å². The van der Waals surface area contributed by atoms with Crippen molar-refractivity contribution in [3.05, 3.63) is 65.5 Å². The second-order valence-corrected chi connectivity index (χ2v) is 8.99. The number of rotatable bonds is 6. The number of hydrogen-bond acceptors (Lipinski definition) is 6. The van der Waals surface area contributed by atoms with Crippen molar-refractivity contribution >= 4 is 5.91 Å². The summed E-state index contributed by atoms with van der Waals surface area (Å²) < 4.78 is 18.5. The summed E-state index contributed by atoms with van der Waals surface area (Å²) in [4.78, 5) is 13.3. The van der Waals surface area contributed by atoms with E-state index >= 15 is 0 Å². The largest absolute Gasteiger partial charge is 0.454 e. The predicted octanol–water partition coefficient (Wildman–Crippen LogP) is 3.35. The second-order valence-electron chi connectivity index (χ2n) is 8.99. The normalized spacial score (nSPS) is 18.8. The molecule has 3 aliphatic rings. The molecule has 2 fully saturated rings. The van der Waals surface area contributed by atoms with E-state index in [9.17, 15) is 4.79 Å². The summed E-state index contributed by atoms with van der Waals surface area (Å²) in [7, 11) is 0. The van der Waals surface area contributed by atoms with Crippen LogP contribution in [-0.2, 0) is 10.2 Å². The molecule has 0 atom stereocenters. The third-order valence-corrected chi connectivity index (χ3v) is 6.91. The molecule has 3 heterocycles. The zero-order valence-electron chi connectivity index (χ0n) is 18.3. The molecule has 8 heteroatoms. The van der Waals surface area contributed by atoms with Crippen LogP contribution in [0.25, 0.3) is 5.69 Å². The van der Waals surface area contributed by atoms with E-state index in [2.05, 4.69) is 21.7 Å². The van der Waals surface area contributed by atoms with Crippen molar-refractivity contribution in [3.8, 4) is 17.2 Å². The van der Waals surface area contributed by atoms with Crippen LogP contribution in [0.15, 0.2) is 48.5 Å². The van der Waals surface area contributed by atoms with Crippen LogP contribution in [0.1, 0.15) is 53.3 Å². The molecule has 1 aliphatic carbocycles. The molecule has 0 bridgehead atoms. The van der Waals surface area contributed by atoms with Gasteiger partial charge in [0.15, 0.2) is 17.2 Å². The Labute approximate surface area is 191 Å². The summed E-state index contributed by atoms with van der Waals surface area (Å²) in [6, 6.07) is 15.9. The molecular formula is C25H26N4O4. The van der Waals surface area contributed by atoms with Crippen molar-refractivity contribution in [2.24, 2.45) is 0 Å². The van der Waals surface area contributed by atoms with Gasteiger partial charge >= 0.3 is 0 Å². The van der Waals surface area contributed by atoms with Gasteiger partial charge in [0, 0.05) is 31.1 Å². The molecule has 0 unspecified atom stereocenters. The van der Waals surface area contributed by atoms with Crippen molar-refractivity contribution in [1.82, 2.24) is 20.3 Å². The highest BCUT2D eigenvalue weighted by atomic mass is 16.7. The van der Waals surface area contributed by atoms with Gasteiger partial charge in [0.25, 0.3) is 5.91 Å². The van der Waals surface area contributed by atoms with Gasteiger partial charge < -0.3 is 19.5 Å². The van der Waals surface area contributed by atoms with Crippen LogP contribution in [0.5, 0.6) is 11.5 Å². The Kier molecular flexibility index (Phi) is 5.02. The van der Waals surface area contributed by atoms with Gasteiger partial charge in [0.1, 0.15) is 0 Å². The Bertz CT molecular complexity index is 1170. The third-order valence-electron chi connectivity index (χ3n) is 6.91. The molecule has 8 nitrogen and oxygen atoms in total. The molecule has 1 saturated heterocycles. The SMILES string of the molecule is O=C(NCC1(c2ccc3c(c2)OCO3)CCOCC1)c1nnn(-c2ccccc2)c1C1CC1. The topological polar surface area (TPSA) is 87.5 Å². The summed E-state index contributed by atoms with van der Waals surface area (Å²) in [5, 5.41) is 11.8. The highest BCUT2D eigenvalue weighted by Crippen LogP contribution is 2.43. The fraction of sp³-hybridized carbons (Fsp3) is 0.400. The summed E-state index contributed by atoms with van der Waals surface area (Å²) in [5.74, 6) is 1.67. The van der Waals surface area contributed by atoms with E-state index < -0.39 is 0 Å². The summed E-state index contributed by atoms with van der Waals surface area (Å²) in [6.07, 6.45) is 3.75. The lowest BCUT2D eigenvalue weighted by Gasteiger charge is -2.38. The lowest BCUT2D eigenvalue weighted by Crippen LogP contribution is -2.44. The van der Waals surface area contributed by atoms with Gasteiger partial charge in [0.2, 0.25) is 6.79 Å². The lowest BCUT2D eigenvalue weighted by atomic mass is 9.74. The van der Waals surface area contributed by atoms with Crippen molar-refractivity contribution < 1.29 is 19.0 Å². The number of amides is 1. The smallest absolute Gasteiger partial charge is 0.273 e. The molecule has 0 radical (unpaired) electrons. The van der Waals surface area contributed by atoms with Crippen molar-refractivity contribution in [1.29, 1.82) is 0 Å². The fourth-order valence-corrected chi connectivity index (χ4v) is 4.82. The van der Waals surface area contributed by atoms with Gasteiger partial charge in [-0.15, -0.1) is 5.10 Å². The molecule has 1 amide bonds. The minimum Gasteiger partial charge on any atom is -0.454 e. The second kappa shape index (κ2) is 8.19. The molecule has 2 aliphatic heterocycles. The molecule has 2 aromatic carbocycles. The Morgan fingerprint density at radius 1 is 1.06 bits per heavy atom. The Morgan fingerprint density at radius 2 is 1.85 bits per heavy atom. The van der Waals surface area contributed by atoms with Crippen molar-refractivity contribution in [3.63, 3.8) is 0 Å². The van der Waals surface area contributed by atoms with E-state index in [1.807, 2.05) is 47.1 Å². The molecule has 170 valence electrons. The Balaban J connectivity index is 1.27. The van der Waals surface area contributed by atoms with Gasteiger partial charge in [-0.05, 0) is 55.5 Å². The maximum atomic E-state index is 13.3. The number of ether oxygens (including phenoxy) is 3. The first-order valence-electron chi connectivity index (χ1n) is 11.5. The number of carbonyl (C=O) groups is 1. The van der Waals surface area contributed by atoms with Crippen molar-refractivity contribution in [2.45, 2.75) is 37.0 Å². The zero-order valence-corrected chi connectivity index (χ0v) is 18.3. The van der Waals surface area contributed by atoms with E-state index in [0.29, 0.717) is 31.4 Å². The predicted molar refractivity (Wildman–Crippen MR) is 120 cm³/mol. The van der Waals surface area contributed by atoms with Gasteiger partial charge in [-0.3, -0.25) is 4.79 Å². The Morgan fingerprint density at radius 3 is 2.64 bits per heavy atom. The number of hydrogen-bond donors (Lipinski definition) is 1. The lowest BCUT2D eigenvalue weighted by molar-refractivity contribution is 0.0486. The van der Waals surface area contributed by atoms with E-state index in [-0.39, 0.29) is 18.1 Å². The molecule has 1 aromatic heterocycles. The summed E-state index contributed by atoms with van der Waals surface area (Å²) in [5.41, 5.74) is 3.15. The van der Waals surface area contributed by atoms with Crippen LogP contribution < -0.4 is 14.8 Å². The van der Waals surface area contributed by atoms with Gasteiger partial charge in [-0.2, -0.15) is 0 Å². The summed E-state index contributed by atoms with van der Waals surface area (Å²) >= 11 is 0. The quantitative estimate of drug-likeness (QED) is 0.625. The van der Waals surface area contributed by atoms with Crippen LogP contribution in [0.2, 0.25) is 0 Å². The third kappa shape index (κ3) is 3.74. The van der Waals surface area contributed by atoms with E-state index in [1.165, 1.54) is 0 Å². The standard InChI is InChI=1S/C25H26N4O4/c30-24(22-23(17-6-7-17)29(28-27-22)19-4-2-1-3-5-19)26-15-25(10-12-31-13-11-25)18-8-9-20-21(14-18)33-16-32-20/h1-5,8-9,14,17H,6-7,10-13,15-16H2,(H,26,30). The number of nitrogens with zero attached hydrogens (tertiary/aromatic N) is 3. The zero-order chi connectivity index (χ0) is 22.3. The first-order valence-corrected chi connectivity index (χ1v) is 11.5. The minimum atomic E-state index is -0.232. The molecule has 6 rings (SSSR count). The van der Waals surface area contributed by atoms with E-state index in [1.54, 1.807) is 0 Å². The summed E-state index contributed by atoms with van der Waals surface area (Å²) in [6.45, 7) is 2.05. The van der Waals surface area contributed by atoms with Gasteiger partial charge in [0.05, 0.1) is 11.4 Å². The van der Waals surface area contributed by atoms with E-state index in [4.69, 9.17) is 14.2 Å². The number of aromatic nitrogens is 3. The monoisotopic (exact) mass is 446 g/mol. The number of fused-ring (bicyclic) bond motifs is 1. The van der Waals surface area contributed by atoms with Crippen LogP contribution >= 0.6 is 0 Å².